The van der Waals surface area contributed by atoms with Crippen LogP contribution in [-0.4, -0.2) is 36.5 Å². The van der Waals surface area contributed by atoms with Gasteiger partial charge in [-0.1, -0.05) is 6.42 Å². The zero-order chi connectivity index (χ0) is 12.6. The van der Waals surface area contributed by atoms with E-state index >= 15 is 0 Å². The summed E-state index contributed by atoms with van der Waals surface area (Å²) < 4.78 is 0. The first-order valence-electron chi connectivity index (χ1n) is 7.29. The molecule has 1 spiro atoms. The Bertz CT molecular complexity index is 328. The summed E-state index contributed by atoms with van der Waals surface area (Å²) >= 11 is 1.92. The van der Waals surface area contributed by atoms with E-state index in [4.69, 9.17) is 0 Å². The van der Waals surface area contributed by atoms with Crippen molar-refractivity contribution >= 4 is 17.7 Å². The zero-order valence-electron chi connectivity index (χ0n) is 11.2. The minimum Gasteiger partial charge on any atom is -0.352 e. The smallest absolute Gasteiger partial charge is 0.223 e. The van der Waals surface area contributed by atoms with Gasteiger partial charge in [0, 0.05) is 17.2 Å². The predicted molar refractivity (Wildman–Crippen MR) is 75.7 cm³/mol. The number of carbonyl (C=O) groups excluding carboxylic acids is 1. The Hall–Kier alpha value is -0.220. The molecule has 2 N–H and O–H groups in total. The van der Waals surface area contributed by atoms with Gasteiger partial charge in [0.2, 0.25) is 5.91 Å². The number of nitrogens with one attached hydrogen (secondary N) is 2. The Morgan fingerprint density at radius 1 is 1.33 bits per heavy atom. The van der Waals surface area contributed by atoms with E-state index in [-0.39, 0.29) is 0 Å². The largest absolute Gasteiger partial charge is 0.352 e. The van der Waals surface area contributed by atoms with Crippen molar-refractivity contribution in [3.05, 3.63) is 0 Å². The van der Waals surface area contributed by atoms with Crippen molar-refractivity contribution in [2.45, 2.75) is 49.8 Å². The molecule has 1 heterocycles. The second-order valence-electron chi connectivity index (χ2n) is 6.19. The van der Waals surface area contributed by atoms with Crippen molar-refractivity contribution in [2.24, 2.45) is 11.3 Å². The van der Waals surface area contributed by atoms with E-state index in [2.05, 4.69) is 16.9 Å². The molecule has 0 aromatic heterocycles. The molecular weight excluding hydrogens is 244 g/mol. The van der Waals surface area contributed by atoms with Crippen LogP contribution in [0.3, 0.4) is 0 Å². The van der Waals surface area contributed by atoms with Gasteiger partial charge in [-0.2, -0.15) is 11.8 Å². The number of hydrogen-bond acceptors (Lipinski definition) is 3. The van der Waals surface area contributed by atoms with E-state index in [0.29, 0.717) is 28.5 Å². The highest BCUT2D eigenvalue weighted by Crippen LogP contribution is 2.58. The average molecular weight is 268 g/mol. The lowest BCUT2D eigenvalue weighted by molar-refractivity contribution is -0.123. The molecule has 1 saturated heterocycles. The average Bonchev–Trinajstić information content (AvgIpc) is 2.89. The van der Waals surface area contributed by atoms with Crippen LogP contribution in [0.1, 0.15) is 38.5 Å². The van der Waals surface area contributed by atoms with Crippen molar-refractivity contribution in [3.8, 4) is 0 Å². The van der Waals surface area contributed by atoms with Crippen LogP contribution in [0.4, 0.5) is 0 Å². The molecule has 1 amide bonds. The van der Waals surface area contributed by atoms with Gasteiger partial charge >= 0.3 is 0 Å². The lowest BCUT2D eigenvalue weighted by atomic mass is 9.91. The van der Waals surface area contributed by atoms with Gasteiger partial charge < -0.3 is 10.6 Å². The maximum absolute atomic E-state index is 12.4. The van der Waals surface area contributed by atoms with E-state index in [1.165, 1.54) is 32.1 Å². The molecule has 0 radical (unpaired) electrons. The summed E-state index contributed by atoms with van der Waals surface area (Å²) in [7, 11) is 0. The third-order valence-electron chi connectivity index (χ3n) is 5.19. The fourth-order valence-corrected chi connectivity index (χ4v) is 4.79. The molecule has 2 aliphatic carbocycles. The Morgan fingerprint density at radius 3 is 2.83 bits per heavy atom. The van der Waals surface area contributed by atoms with Crippen molar-refractivity contribution < 1.29 is 4.79 Å². The fraction of sp³-hybridized carbons (Fsp3) is 0.929. The van der Waals surface area contributed by atoms with Crippen LogP contribution in [0.25, 0.3) is 0 Å². The van der Waals surface area contributed by atoms with E-state index in [0.717, 1.165) is 19.5 Å². The highest BCUT2D eigenvalue weighted by atomic mass is 32.2. The van der Waals surface area contributed by atoms with Gasteiger partial charge in [0.1, 0.15) is 0 Å². The van der Waals surface area contributed by atoms with Crippen molar-refractivity contribution in [1.82, 2.24) is 10.6 Å². The molecule has 3 aliphatic rings. The Morgan fingerprint density at radius 2 is 2.11 bits per heavy atom. The number of rotatable bonds is 3. The highest BCUT2D eigenvalue weighted by molar-refractivity contribution is 7.99. The van der Waals surface area contributed by atoms with E-state index < -0.39 is 0 Å². The molecule has 1 aliphatic heterocycles. The molecule has 18 heavy (non-hydrogen) atoms. The highest BCUT2D eigenvalue weighted by Gasteiger charge is 2.57. The van der Waals surface area contributed by atoms with Crippen LogP contribution in [0.2, 0.25) is 0 Å². The van der Waals surface area contributed by atoms with Crippen molar-refractivity contribution in [2.75, 3.05) is 19.3 Å². The van der Waals surface area contributed by atoms with Gasteiger partial charge in [-0.3, -0.25) is 4.79 Å². The molecule has 3 atom stereocenters. The topological polar surface area (TPSA) is 41.1 Å². The molecular formula is C14H24N2OS. The lowest BCUT2D eigenvalue weighted by Gasteiger charge is -2.24. The van der Waals surface area contributed by atoms with Crippen LogP contribution in [0.15, 0.2) is 0 Å². The molecule has 3 fully saturated rings. The van der Waals surface area contributed by atoms with Crippen LogP contribution in [0.5, 0.6) is 0 Å². The number of amides is 1. The molecule has 3 unspecified atom stereocenters. The number of thioether (sulfide) groups is 1. The van der Waals surface area contributed by atoms with Gasteiger partial charge in [-0.05, 0) is 56.9 Å². The quantitative estimate of drug-likeness (QED) is 0.820. The van der Waals surface area contributed by atoms with Gasteiger partial charge in [-0.25, -0.2) is 0 Å². The standard InChI is InChI=1S/C14H24N2OS/c1-18-12-4-2-3-11(12)16-13(17)10-9-14(10)5-7-15-8-6-14/h10-12,15H,2-9H2,1H3,(H,16,17). The van der Waals surface area contributed by atoms with Crippen LogP contribution in [-0.2, 0) is 4.79 Å². The van der Waals surface area contributed by atoms with E-state index in [9.17, 15) is 4.79 Å². The van der Waals surface area contributed by atoms with Gasteiger partial charge in [0.05, 0.1) is 0 Å². The van der Waals surface area contributed by atoms with Crippen molar-refractivity contribution in [3.63, 3.8) is 0 Å². The number of hydrogen-bond donors (Lipinski definition) is 2. The third-order valence-corrected chi connectivity index (χ3v) is 6.36. The number of carbonyl (C=O) groups is 1. The normalized spacial score (nSPS) is 37.7. The minimum absolute atomic E-state index is 0.322. The maximum atomic E-state index is 12.4. The summed E-state index contributed by atoms with van der Waals surface area (Å²) in [6.07, 6.45) is 9.42. The van der Waals surface area contributed by atoms with Crippen LogP contribution in [0, 0.1) is 11.3 Å². The fourth-order valence-electron chi connectivity index (χ4n) is 3.85. The zero-order valence-corrected chi connectivity index (χ0v) is 12.0. The Kier molecular flexibility index (Phi) is 3.59. The van der Waals surface area contributed by atoms with Crippen LogP contribution < -0.4 is 10.6 Å². The van der Waals surface area contributed by atoms with Gasteiger partial charge in [0.25, 0.3) is 0 Å². The summed E-state index contributed by atoms with van der Waals surface area (Å²) in [6.45, 7) is 2.20. The molecule has 0 aromatic carbocycles. The Labute approximate surface area is 114 Å². The summed E-state index contributed by atoms with van der Waals surface area (Å²) in [6, 6.07) is 0.437. The molecule has 0 bridgehead atoms. The predicted octanol–water partition coefficient (Wildman–Crippen LogP) is 1.78. The number of piperidine rings is 1. The summed E-state index contributed by atoms with van der Waals surface area (Å²) in [5.41, 5.74) is 0.378. The first-order valence-corrected chi connectivity index (χ1v) is 8.58. The molecule has 0 aromatic rings. The summed E-state index contributed by atoms with van der Waals surface area (Å²) in [5, 5.41) is 7.38. The minimum atomic E-state index is 0.322. The molecule has 2 saturated carbocycles. The summed E-state index contributed by atoms with van der Waals surface area (Å²) in [5.74, 6) is 0.672. The molecule has 102 valence electrons. The van der Waals surface area contributed by atoms with Gasteiger partial charge in [0.15, 0.2) is 0 Å². The second kappa shape index (κ2) is 5.04. The third kappa shape index (κ3) is 2.29. The van der Waals surface area contributed by atoms with E-state index in [1.807, 2.05) is 11.8 Å². The maximum Gasteiger partial charge on any atom is 0.223 e. The molecule has 3 rings (SSSR count). The Balaban J connectivity index is 1.53. The molecule has 4 heteroatoms. The first-order chi connectivity index (χ1) is 8.75. The lowest BCUT2D eigenvalue weighted by Crippen LogP contribution is -2.41. The van der Waals surface area contributed by atoms with Crippen LogP contribution >= 0.6 is 11.8 Å². The summed E-state index contributed by atoms with van der Waals surface area (Å²) in [4.78, 5) is 12.4. The second-order valence-corrected chi connectivity index (χ2v) is 7.27. The van der Waals surface area contributed by atoms with Gasteiger partial charge in [-0.15, -0.1) is 0 Å². The SMILES string of the molecule is CSC1CCCC1NC(=O)C1CC12CCNCC2. The van der Waals surface area contributed by atoms with Crippen molar-refractivity contribution in [1.29, 1.82) is 0 Å². The first kappa shape index (κ1) is 12.8. The molecule has 3 nitrogen and oxygen atoms in total. The monoisotopic (exact) mass is 268 g/mol. The van der Waals surface area contributed by atoms with E-state index in [1.54, 1.807) is 0 Å².